The molecule has 3 aromatic carbocycles. The van der Waals surface area contributed by atoms with E-state index in [0.717, 1.165) is 12.5 Å². The molecule has 0 aromatic heterocycles. The summed E-state index contributed by atoms with van der Waals surface area (Å²) >= 11 is 0. The van der Waals surface area contributed by atoms with Gasteiger partial charge in [-0.05, 0) is 36.4 Å². The van der Waals surface area contributed by atoms with Gasteiger partial charge in [-0.15, -0.1) is 0 Å². The fraction of sp³-hybridized carbons (Fsp3) is 0.100. The van der Waals surface area contributed by atoms with Crippen LogP contribution in [0.1, 0.15) is 0 Å². The Kier molecular flexibility index (Phi) is 5.65. The first-order valence-electron chi connectivity index (χ1n) is 8.16. The molecule has 0 fully saturated rings. The van der Waals surface area contributed by atoms with Gasteiger partial charge < -0.3 is 0 Å². The van der Waals surface area contributed by atoms with Gasteiger partial charge in [0.05, 0.1) is 20.7 Å². The maximum atomic E-state index is 13.9. The van der Waals surface area contributed by atoms with Crippen LogP contribution in [0.3, 0.4) is 0 Å². The zero-order valence-electron chi connectivity index (χ0n) is 15.2. The van der Waals surface area contributed by atoms with Crippen LogP contribution < -0.4 is 0 Å². The Labute approximate surface area is 167 Å². The van der Waals surface area contributed by atoms with Crippen LogP contribution in [0, 0.1) is 5.82 Å². The number of halogens is 1. The molecule has 0 atom stereocenters. The second-order valence-electron chi connectivity index (χ2n) is 6.26. The van der Waals surface area contributed by atoms with Gasteiger partial charge in [0.2, 0.25) is 0 Å². The van der Waals surface area contributed by atoms with Gasteiger partial charge in [-0.3, -0.25) is 0 Å². The third kappa shape index (κ3) is 4.63. The molecule has 0 aliphatic rings. The van der Waals surface area contributed by atoms with Crippen molar-refractivity contribution in [2.45, 2.75) is 24.5 Å². The first kappa shape index (κ1) is 20.6. The average molecular weight is 438 g/mol. The van der Waals surface area contributed by atoms with E-state index in [1.807, 2.05) is 0 Å². The van der Waals surface area contributed by atoms with Crippen molar-refractivity contribution < 1.29 is 21.2 Å². The quantitative estimate of drug-likeness (QED) is 0.571. The Balaban J connectivity index is 2.26. The van der Waals surface area contributed by atoms with Crippen molar-refractivity contribution in [3.63, 3.8) is 0 Å². The minimum absolute atomic E-state index is 0.151. The molecule has 0 saturated carbocycles. The van der Waals surface area contributed by atoms with E-state index in [-0.39, 0.29) is 9.79 Å². The Bertz CT molecular complexity index is 1160. The maximum Gasteiger partial charge on any atom is 0.175 e. The molecular formula is C20H18FO4S3+. The molecule has 0 spiro atoms. The highest BCUT2D eigenvalue weighted by molar-refractivity contribution is 7.97. The monoisotopic (exact) mass is 437 g/mol. The van der Waals surface area contributed by atoms with Crippen LogP contribution in [-0.4, -0.2) is 29.3 Å². The lowest BCUT2D eigenvalue weighted by Crippen LogP contribution is -2.08. The van der Waals surface area contributed by atoms with Crippen molar-refractivity contribution in [2.24, 2.45) is 0 Å². The van der Waals surface area contributed by atoms with Crippen LogP contribution in [-0.2, 0) is 30.6 Å². The summed E-state index contributed by atoms with van der Waals surface area (Å²) in [5.41, 5.74) is 0. The predicted octanol–water partition coefficient (Wildman–Crippen LogP) is 3.73. The van der Waals surface area contributed by atoms with Crippen molar-refractivity contribution in [2.75, 3.05) is 12.5 Å². The first-order chi connectivity index (χ1) is 13.1. The Morgan fingerprint density at radius 2 is 1.04 bits per heavy atom. The number of benzene rings is 3. The van der Waals surface area contributed by atoms with Crippen molar-refractivity contribution in [1.29, 1.82) is 0 Å². The lowest BCUT2D eigenvalue weighted by atomic mass is 10.3. The van der Waals surface area contributed by atoms with Crippen molar-refractivity contribution in [3.05, 3.63) is 78.6 Å². The molecule has 0 N–H and O–H groups in total. The molecule has 3 aromatic rings. The first-order valence-corrected chi connectivity index (χ1v) is 13.2. The third-order valence-corrected chi connectivity index (χ3v) is 8.37. The fourth-order valence-electron chi connectivity index (χ4n) is 2.67. The minimum Gasteiger partial charge on any atom is -0.224 e. The fourth-order valence-corrected chi connectivity index (χ4v) is 6.33. The summed E-state index contributed by atoms with van der Waals surface area (Å²) in [7, 11) is -7.74. The van der Waals surface area contributed by atoms with Crippen LogP contribution in [0.5, 0.6) is 0 Å². The minimum atomic E-state index is -3.43. The van der Waals surface area contributed by atoms with E-state index in [0.29, 0.717) is 14.7 Å². The molecule has 8 heteroatoms. The highest BCUT2D eigenvalue weighted by Gasteiger charge is 2.31. The topological polar surface area (TPSA) is 68.3 Å². The summed E-state index contributed by atoms with van der Waals surface area (Å²) in [4.78, 5) is 2.23. The van der Waals surface area contributed by atoms with E-state index in [1.165, 1.54) is 24.3 Å². The Morgan fingerprint density at radius 1 is 0.643 bits per heavy atom. The van der Waals surface area contributed by atoms with Gasteiger partial charge >= 0.3 is 0 Å². The third-order valence-electron chi connectivity index (χ3n) is 3.97. The van der Waals surface area contributed by atoms with Gasteiger partial charge in [0.25, 0.3) is 0 Å². The molecule has 0 bridgehead atoms. The highest BCUT2D eigenvalue weighted by atomic mass is 32.2. The van der Waals surface area contributed by atoms with E-state index >= 15 is 0 Å². The zero-order valence-corrected chi connectivity index (χ0v) is 17.6. The van der Waals surface area contributed by atoms with Gasteiger partial charge in [0, 0.05) is 30.7 Å². The lowest BCUT2D eigenvalue weighted by Gasteiger charge is -2.10. The number of rotatable bonds is 5. The largest absolute Gasteiger partial charge is 0.224 e. The van der Waals surface area contributed by atoms with E-state index in [9.17, 15) is 21.2 Å². The molecule has 0 saturated heterocycles. The normalized spacial score (nSPS) is 12.3. The standard InChI is InChI=1S/C20H18FO4S3/c1-27(22,23)19-10-4-8-17(13-19)26(16-7-3-6-15(21)12-16)18-9-5-11-20(14-18)28(2,24)25/h3-14H,1-2H3/q+1. The van der Waals surface area contributed by atoms with Crippen LogP contribution in [0.2, 0.25) is 0 Å². The van der Waals surface area contributed by atoms with E-state index < -0.39 is 36.4 Å². The average Bonchev–Trinajstić information content (AvgIpc) is 2.61. The Morgan fingerprint density at radius 3 is 1.43 bits per heavy atom. The zero-order chi connectivity index (χ0) is 20.5. The summed E-state index contributed by atoms with van der Waals surface area (Å²) < 4.78 is 61.8. The number of hydrogen-bond donors (Lipinski definition) is 0. The smallest absolute Gasteiger partial charge is 0.175 e. The molecule has 0 unspecified atom stereocenters. The molecular weight excluding hydrogens is 419 g/mol. The van der Waals surface area contributed by atoms with E-state index in [4.69, 9.17) is 0 Å². The number of hydrogen-bond acceptors (Lipinski definition) is 4. The van der Waals surface area contributed by atoms with Crippen molar-refractivity contribution in [1.82, 2.24) is 0 Å². The second-order valence-corrected chi connectivity index (χ2v) is 12.3. The van der Waals surface area contributed by atoms with Crippen LogP contribution in [0.4, 0.5) is 4.39 Å². The molecule has 146 valence electrons. The molecule has 0 heterocycles. The maximum absolute atomic E-state index is 13.9. The van der Waals surface area contributed by atoms with Crippen LogP contribution >= 0.6 is 0 Å². The lowest BCUT2D eigenvalue weighted by molar-refractivity contribution is 0.600. The van der Waals surface area contributed by atoms with E-state index in [1.54, 1.807) is 48.5 Å². The van der Waals surface area contributed by atoms with Gasteiger partial charge in [0.15, 0.2) is 34.4 Å². The van der Waals surface area contributed by atoms with Gasteiger partial charge in [-0.2, -0.15) is 0 Å². The summed E-state index contributed by atoms with van der Waals surface area (Å²) in [5.74, 6) is -0.423. The Hall–Kier alpha value is -2.16. The van der Waals surface area contributed by atoms with Crippen LogP contribution in [0.25, 0.3) is 0 Å². The number of sulfone groups is 2. The van der Waals surface area contributed by atoms with Crippen molar-refractivity contribution >= 4 is 30.6 Å². The van der Waals surface area contributed by atoms with E-state index in [2.05, 4.69) is 0 Å². The SMILES string of the molecule is CS(=O)(=O)c1cccc([S+](c2cccc(F)c2)c2cccc(S(C)(=O)=O)c2)c1. The summed E-state index contributed by atoms with van der Waals surface area (Å²) in [6.45, 7) is 0. The highest BCUT2D eigenvalue weighted by Crippen LogP contribution is 2.33. The molecule has 0 radical (unpaired) electrons. The van der Waals surface area contributed by atoms with Gasteiger partial charge in [0.1, 0.15) is 5.82 Å². The van der Waals surface area contributed by atoms with Crippen LogP contribution in [0.15, 0.2) is 97.3 Å². The summed E-state index contributed by atoms with van der Waals surface area (Å²) in [5, 5.41) is 0. The summed E-state index contributed by atoms with van der Waals surface area (Å²) in [6, 6.07) is 18.9. The molecule has 4 nitrogen and oxygen atoms in total. The summed E-state index contributed by atoms with van der Waals surface area (Å²) in [6.07, 6.45) is 2.24. The van der Waals surface area contributed by atoms with Gasteiger partial charge in [-0.1, -0.05) is 18.2 Å². The molecule has 0 amide bonds. The van der Waals surface area contributed by atoms with Gasteiger partial charge in [-0.25, -0.2) is 21.2 Å². The van der Waals surface area contributed by atoms with Crippen molar-refractivity contribution in [3.8, 4) is 0 Å². The second kappa shape index (κ2) is 7.69. The molecule has 28 heavy (non-hydrogen) atoms. The predicted molar refractivity (Wildman–Crippen MR) is 108 cm³/mol. The molecule has 0 aliphatic heterocycles. The molecule has 3 rings (SSSR count). The molecule has 0 aliphatic carbocycles.